The van der Waals surface area contributed by atoms with Gasteiger partial charge in [-0.2, -0.15) is 5.10 Å². The summed E-state index contributed by atoms with van der Waals surface area (Å²) in [6.45, 7) is 5.83. The third-order valence-corrected chi connectivity index (χ3v) is 5.45. The summed E-state index contributed by atoms with van der Waals surface area (Å²) < 4.78 is 0. The molecule has 0 aliphatic carbocycles. The first-order valence-corrected chi connectivity index (χ1v) is 10.5. The zero-order valence-corrected chi connectivity index (χ0v) is 18.0. The topological polar surface area (TPSA) is 86.8 Å². The Labute approximate surface area is 180 Å². The van der Waals surface area contributed by atoms with Gasteiger partial charge in [-0.1, -0.05) is 23.7 Å². The zero-order chi connectivity index (χ0) is 21.1. The Kier molecular flexibility index (Phi) is 5.99. The van der Waals surface area contributed by atoms with Crippen LogP contribution in [0.25, 0.3) is 11.3 Å². The molecule has 156 valence electrons. The van der Waals surface area contributed by atoms with E-state index in [-0.39, 0.29) is 5.91 Å². The molecule has 4 rings (SSSR count). The maximum atomic E-state index is 12.8. The molecule has 1 aliphatic heterocycles. The third-order valence-electron chi connectivity index (χ3n) is 5.22. The van der Waals surface area contributed by atoms with Crippen LogP contribution in [-0.2, 0) is 17.8 Å². The number of halogens is 1. The van der Waals surface area contributed by atoms with E-state index in [1.165, 1.54) is 0 Å². The lowest BCUT2D eigenvalue weighted by Crippen LogP contribution is -2.36. The number of fused-ring (bicyclic) bond motifs is 1. The number of rotatable bonds is 6. The Bertz CT molecular complexity index is 1040. The van der Waals surface area contributed by atoms with Gasteiger partial charge in [-0.05, 0) is 38.5 Å². The van der Waals surface area contributed by atoms with Crippen LogP contribution in [0.2, 0.25) is 5.02 Å². The summed E-state index contributed by atoms with van der Waals surface area (Å²) in [5, 5.41) is 11.5. The van der Waals surface area contributed by atoms with E-state index in [4.69, 9.17) is 11.6 Å². The number of nitrogens with one attached hydrogen (secondary N) is 2. The lowest BCUT2D eigenvalue weighted by molar-refractivity contribution is -0.132. The summed E-state index contributed by atoms with van der Waals surface area (Å²) in [7, 11) is 0. The van der Waals surface area contributed by atoms with Crippen LogP contribution in [0.15, 0.2) is 30.3 Å². The van der Waals surface area contributed by atoms with E-state index in [0.717, 1.165) is 46.7 Å². The Morgan fingerprint density at radius 1 is 1.23 bits per heavy atom. The lowest BCUT2D eigenvalue weighted by atomic mass is 10.0. The van der Waals surface area contributed by atoms with Crippen molar-refractivity contribution >= 4 is 23.5 Å². The van der Waals surface area contributed by atoms with E-state index in [1.54, 1.807) is 0 Å². The molecule has 0 saturated heterocycles. The number of amides is 1. The van der Waals surface area contributed by atoms with Gasteiger partial charge in [-0.15, -0.1) is 0 Å². The monoisotopic (exact) mass is 424 g/mol. The van der Waals surface area contributed by atoms with Crippen LogP contribution in [0, 0.1) is 13.8 Å². The van der Waals surface area contributed by atoms with Crippen LogP contribution in [0.3, 0.4) is 0 Å². The molecule has 1 amide bonds. The average molecular weight is 425 g/mol. The molecule has 1 aliphatic rings. The number of nitrogens with zero attached hydrogens (tertiary/aromatic N) is 4. The maximum absolute atomic E-state index is 12.8. The van der Waals surface area contributed by atoms with Gasteiger partial charge in [0.1, 0.15) is 0 Å². The van der Waals surface area contributed by atoms with Crippen molar-refractivity contribution in [1.29, 1.82) is 0 Å². The number of hydrogen-bond donors (Lipinski definition) is 2. The summed E-state index contributed by atoms with van der Waals surface area (Å²) in [6.07, 6.45) is 1.99. The molecule has 3 aromatic rings. The zero-order valence-electron chi connectivity index (χ0n) is 17.2. The predicted molar refractivity (Wildman–Crippen MR) is 117 cm³/mol. The van der Waals surface area contributed by atoms with Gasteiger partial charge in [-0.25, -0.2) is 9.97 Å². The van der Waals surface area contributed by atoms with Crippen LogP contribution in [0.5, 0.6) is 0 Å². The minimum atomic E-state index is 0.155. The van der Waals surface area contributed by atoms with E-state index in [1.807, 2.05) is 49.1 Å². The number of aromatic nitrogens is 4. The van der Waals surface area contributed by atoms with Crippen molar-refractivity contribution in [3.8, 4) is 11.3 Å². The summed E-state index contributed by atoms with van der Waals surface area (Å²) in [5.74, 6) is 0.772. The van der Waals surface area contributed by atoms with Crippen molar-refractivity contribution < 1.29 is 4.79 Å². The molecule has 3 heterocycles. The highest BCUT2D eigenvalue weighted by molar-refractivity contribution is 6.30. The molecule has 0 spiro atoms. The van der Waals surface area contributed by atoms with Gasteiger partial charge >= 0.3 is 0 Å². The summed E-state index contributed by atoms with van der Waals surface area (Å²) in [4.78, 5) is 23.4. The van der Waals surface area contributed by atoms with E-state index >= 15 is 0 Å². The van der Waals surface area contributed by atoms with Crippen LogP contribution in [0.4, 0.5) is 5.95 Å². The highest BCUT2D eigenvalue weighted by Crippen LogP contribution is 2.30. The fourth-order valence-electron chi connectivity index (χ4n) is 3.79. The molecule has 8 heteroatoms. The molecule has 0 radical (unpaired) electrons. The molecule has 0 bridgehead atoms. The number of aromatic amines is 1. The second kappa shape index (κ2) is 8.83. The molecule has 2 N–H and O–H groups in total. The molecular weight excluding hydrogens is 400 g/mol. The van der Waals surface area contributed by atoms with Gasteiger partial charge in [0.25, 0.3) is 0 Å². The number of H-pyrrole nitrogens is 1. The Morgan fingerprint density at radius 2 is 2.03 bits per heavy atom. The standard InChI is InChI=1S/C22H25ClN6O/c1-14-11-15(2)26-22(25-14)24-9-4-7-20(30)29-10-8-19-18(13-29)21(28-27-19)16-5-3-6-17(23)12-16/h3,5-6,11-12H,4,7-10,13H2,1-2H3,(H,27,28)(H,24,25,26). The van der Waals surface area contributed by atoms with E-state index in [0.29, 0.717) is 37.0 Å². The Hall–Kier alpha value is -2.93. The second-order valence-corrected chi connectivity index (χ2v) is 8.05. The fourth-order valence-corrected chi connectivity index (χ4v) is 3.98. The van der Waals surface area contributed by atoms with E-state index in [9.17, 15) is 4.79 Å². The SMILES string of the molecule is Cc1cc(C)nc(NCCCC(=O)N2CCc3[nH]nc(-c4cccc(Cl)c4)c3C2)n1. The number of carbonyl (C=O) groups excluding carboxylic acids is 1. The smallest absolute Gasteiger partial charge is 0.223 e. The van der Waals surface area contributed by atoms with Crippen molar-refractivity contribution in [1.82, 2.24) is 25.1 Å². The highest BCUT2D eigenvalue weighted by atomic mass is 35.5. The first-order chi connectivity index (χ1) is 14.5. The van der Waals surface area contributed by atoms with Crippen molar-refractivity contribution in [3.63, 3.8) is 0 Å². The quantitative estimate of drug-likeness (QED) is 0.586. The van der Waals surface area contributed by atoms with Gasteiger partial charge in [0, 0.05) is 65.7 Å². The van der Waals surface area contributed by atoms with Crippen molar-refractivity contribution in [3.05, 3.63) is 58.0 Å². The molecule has 7 nitrogen and oxygen atoms in total. The van der Waals surface area contributed by atoms with Crippen LogP contribution in [0.1, 0.15) is 35.5 Å². The van der Waals surface area contributed by atoms with Crippen molar-refractivity contribution in [2.45, 2.75) is 39.7 Å². The number of carbonyl (C=O) groups is 1. The second-order valence-electron chi connectivity index (χ2n) is 7.61. The minimum absolute atomic E-state index is 0.155. The normalized spacial score (nSPS) is 13.2. The maximum Gasteiger partial charge on any atom is 0.223 e. The van der Waals surface area contributed by atoms with Crippen molar-refractivity contribution in [2.75, 3.05) is 18.4 Å². The number of anilines is 1. The average Bonchev–Trinajstić information content (AvgIpc) is 3.13. The first kappa shape index (κ1) is 20.3. The molecular formula is C22H25ClN6O. The Balaban J connectivity index is 1.34. The molecule has 0 atom stereocenters. The van der Waals surface area contributed by atoms with Crippen LogP contribution in [-0.4, -0.2) is 44.1 Å². The van der Waals surface area contributed by atoms with Gasteiger partial charge < -0.3 is 10.2 Å². The highest BCUT2D eigenvalue weighted by Gasteiger charge is 2.25. The molecule has 1 aromatic carbocycles. The fraction of sp³-hybridized carbons (Fsp3) is 0.364. The van der Waals surface area contributed by atoms with Crippen LogP contribution >= 0.6 is 11.6 Å². The third kappa shape index (κ3) is 4.62. The Morgan fingerprint density at radius 3 is 2.80 bits per heavy atom. The van der Waals surface area contributed by atoms with E-state index < -0.39 is 0 Å². The molecule has 2 aromatic heterocycles. The number of benzene rings is 1. The predicted octanol–water partition coefficient (Wildman–Crippen LogP) is 3.91. The van der Waals surface area contributed by atoms with Gasteiger partial charge in [-0.3, -0.25) is 9.89 Å². The summed E-state index contributed by atoms with van der Waals surface area (Å²) >= 11 is 6.14. The number of hydrogen-bond acceptors (Lipinski definition) is 5. The van der Waals surface area contributed by atoms with E-state index in [2.05, 4.69) is 25.5 Å². The lowest BCUT2D eigenvalue weighted by Gasteiger charge is -2.27. The minimum Gasteiger partial charge on any atom is -0.354 e. The first-order valence-electron chi connectivity index (χ1n) is 10.2. The number of aryl methyl sites for hydroxylation is 2. The molecule has 0 unspecified atom stereocenters. The van der Waals surface area contributed by atoms with Crippen molar-refractivity contribution in [2.24, 2.45) is 0 Å². The van der Waals surface area contributed by atoms with Gasteiger partial charge in [0.15, 0.2) is 0 Å². The summed E-state index contributed by atoms with van der Waals surface area (Å²) in [6, 6.07) is 9.59. The molecule has 0 saturated carbocycles. The van der Waals surface area contributed by atoms with Gasteiger partial charge in [0.2, 0.25) is 11.9 Å². The largest absolute Gasteiger partial charge is 0.354 e. The summed E-state index contributed by atoms with van der Waals surface area (Å²) in [5.41, 5.74) is 5.88. The molecule has 0 fully saturated rings. The van der Waals surface area contributed by atoms with Gasteiger partial charge in [0.05, 0.1) is 5.69 Å². The van der Waals surface area contributed by atoms with Crippen LogP contribution < -0.4 is 5.32 Å². The molecule has 30 heavy (non-hydrogen) atoms.